The number of anilines is 1. The molecule has 2 aromatic rings. The molecule has 0 aliphatic carbocycles. The van der Waals surface area contributed by atoms with Crippen molar-refractivity contribution >= 4 is 28.9 Å². The molecule has 1 aromatic carbocycles. The van der Waals surface area contributed by atoms with E-state index in [0.29, 0.717) is 23.7 Å². The van der Waals surface area contributed by atoms with Gasteiger partial charge in [0.1, 0.15) is 11.1 Å². The number of carbonyl (C=O) groups excluding carboxylic acids is 1. The minimum Gasteiger partial charge on any atom is -0.444 e. The monoisotopic (exact) mass is 376 g/mol. The van der Waals surface area contributed by atoms with Crippen LogP contribution in [-0.2, 0) is 4.74 Å². The van der Waals surface area contributed by atoms with Gasteiger partial charge in [-0.1, -0.05) is 0 Å². The van der Waals surface area contributed by atoms with E-state index in [2.05, 4.69) is 4.98 Å². The number of hydrogen-bond acceptors (Lipinski definition) is 7. The minimum atomic E-state index is -0.547. The fourth-order valence-corrected chi connectivity index (χ4v) is 3.08. The van der Waals surface area contributed by atoms with E-state index >= 15 is 0 Å². The molecular formula is C18H24N4O5. The van der Waals surface area contributed by atoms with Crippen LogP contribution in [0.2, 0.25) is 0 Å². The molecule has 9 nitrogen and oxygen atoms in total. The van der Waals surface area contributed by atoms with Gasteiger partial charge in [-0.2, -0.15) is 4.98 Å². The number of likely N-dealkylation sites (N-methyl/N-ethyl adjacent to an activating group) is 1. The van der Waals surface area contributed by atoms with Crippen molar-refractivity contribution < 1.29 is 18.9 Å². The van der Waals surface area contributed by atoms with Crippen molar-refractivity contribution in [1.29, 1.82) is 0 Å². The number of amides is 1. The van der Waals surface area contributed by atoms with E-state index in [9.17, 15) is 14.9 Å². The number of carbonyl (C=O) groups is 1. The maximum atomic E-state index is 12.3. The average molecular weight is 376 g/mol. The number of non-ortho nitro benzene ring substituents is 1. The Bertz CT molecular complexity index is 857. The average Bonchev–Trinajstić information content (AvgIpc) is 3.03. The van der Waals surface area contributed by atoms with Crippen LogP contribution in [0.25, 0.3) is 11.1 Å². The number of ether oxygens (including phenoxy) is 1. The molecule has 1 aliphatic rings. The van der Waals surface area contributed by atoms with Crippen molar-refractivity contribution in [3.05, 3.63) is 28.3 Å². The molecule has 0 unspecified atom stereocenters. The summed E-state index contributed by atoms with van der Waals surface area (Å²) in [7, 11) is 1.73. The van der Waals surface area contributed by atoms with Crippen molar-refractivity contribution in [2.45, 2.75) is 45.3 Å². The molecule has 1 amide bonds. The SMILES string of the molecule is CN(C(=O)OC(C)(C)C)[C@H]1CCCN(c2nc3cc([N+](=O)[O-])ccc3o2)C1. The molecule has 9 heteroatoms. The molecule has 0 bridgehead atoms. The maximum Gasteiger partial charge on any atom is 0.410 e. The highest BCUT2D eigenvalue weighted by Gasteiger charge is 2.30. The van der Waals surface area contributed by atoms with Gasteiger partial charge in [0.05, 0.1) is 11.0 Å². The molecule has 1 aromatic heterocycles. The summed E-state index contributed by atoms with van der Waals surface area (Å²) in [6, 6.07) is 4.73. The van der Waals surface area contributed by atoms with Crippen LogP contribution in [0.15, 0.2) is 22.6 Å². The molecule has 0 saturated carbocycles. The van der Waals surface area contributed by atoms with Crippen LogP contribution < -0.4 is 4.90 Å². The van der Waals surface area contributed by atoms with Gasteiger partial charge >= 0.3 is 6.09 Å². The summed E-state index contributed by atoms with van der Waals surface area (Å²) in [4.78, 5) is 30.8. The Morgan fingerprint density at radius 1 is 1.44 bits per heavy atom. The second-order valence-electron chi connectivity index (χ2n) is 7.74. The number of benzene rings is 1. The zero-order valence-corrected chi connectivity index (χ0v) is 16.0. The quantitative estimate of drug-likeness (QED) is 0.596. The first-order valence-electron chi connectivity index (χ1n) is 8.90. The first-order valence-corrected chi connectivity index (χ1v) is 8.90. The van der Waals surface area contributed by atoms with Crippen LogP contribution in [0, 0.1) is 10.1 Å². The summed E-state index contributed by atoms with van der Waals surface area (Å²) in [5.41, 5.74) is 0.373. The third kappa shape index (κ3) is 4.29. The summed E-state index contributed by atoms with van der Waals surface area (Å²) in [6.45, 7) is 6.81. The van der Waals surface area contributed by atoms with Crippen molar-refractivity contribution in [3.63, 3.8) is 0 Å². The molecule has 0 spiro atoms. The molecule has 1 aliphatic heterocycles. The van der Waals surface area contributed by atoms with Crippen molar-refractivity contribution in [2.75, 3.05) is 25.0 Å². The summed E-state index contributed by atoms with van der Waals surface area (Å²) in [6.07, 6.45) is 1.37. The molecule has 0 N–H and O–H groups in total. The molecule has 3 rings (SSSR count). The first kappa shape index (κ1) is 18.9. The molecule has 146 valence electrons. The van der Waals surface area contributed by atoms with Crippen LogP contribution in [0.1, 0.15) is 33.6 Å². The number of aromatic nitrogens is 1. The van der Waals surface area contributed by atoms with Gasteiger partial charge in [0.2, 0.25) is 0 Å². The van der Waals surface area contributed by atoms with Crippen molar-refractivity contribution in [3.8, 4) is 0 Å². The molecule has 1 fully saturated rings. The zero-order chi connectivity index (χ0) is 19.8. The Hall–Kier alpha value is -2.84. The van der Waals surface area contributed by atoms with Gasteiger partial charge in [0.15, 0.2) is 5.58 Å². The number of nitro groups is 1. The highest BCUT2D eigenvalue weighted by molar-refractivity contribution is 5.77. The summed E-state index contributed by atoms with van der Waals surface area (Å²) < 4.78 is 11.2. The van der Waals surface area contributed by atoms with Crippen molar-refractivity contribution in [1.82, 2.24) is 9.88 Å². The Morgan fingerprint density at radius 3 is 2.85 bits per heavy atom. The van der Waals surface area contributed by atoms with E-state index in [1.807, 2.05) is 25.7 Å². The number of piperidine rings is 1. The number of hydrogen-bond donors (Lipinski definition) is 0. The Balaban J connectivity index is 1.75. The van der Waals surface area contributed by atoms with Gasteiger partial charge in [0.25, 0.3) is 11.7 Å². The number of nitro benzene ring substituents is 1. The summed E-state index contributed by atoms with van der Waals surface area (Å²) >= 11 is 0. The van der Waals surface area contributed by atoms with E-state index in [1.54, 1.807) is 18.0 Å². The second kappa shape index (κ2) is 7.05. The molecular weight excluding hydrogens is 352 g/mol. The fraction of sp³-hybridized carbons (Fsp3) is 0.556. The lowest BCUT2D eigenvalue weighted by Crippen LogP contribution is -2.49. The Kier molecular flexibility index (Phi) is 4.95. The van der Waals surface area contributed by atoms with E-state index in [4.69, 9.17) is 9.15 Å². The van der Waals surface area contributed by atoms with Gasteiger partial charge in [-0.25, -0.2) is 4.79 Å². The number of oxazole rings is 1. The zero-order valence-electron chi connectivity index (χ0n) is 16.0. The van der Waals surface area contributed by atoms with Gasteiger partial charge in [-0.05, 0) is 39.7 Å². The van der Waals surface area contributed by atoms with Crippen LogP contribution in [-0.4, -0.2) is 52.7 Å². The molecule has 1 saturated heterocycles. The van der Waals surface area contributed by atoms with E-state index in [0.717, 1.165) is 19.4 Å². The lowest BCUT2D eigenvalue weighted by Gasteiger charge is -2.37. The number of nitrogens with zero attached hydrogens (tertiary/aromatic N) is 4. The van der Waals surface area contributed by atoms with Crippen LogP contribution in [0.4, 0.5) is 16.5 Å². The third-order valence-electron chi connectivity index (χ3n) is 4.47. The highest BCUT2D eigenvalue weighted by atomic mass is 16.6. The van der Waals surface area contributed by atoms with E-state index in [-0.39, 0.29) is 17.8 Å². The molecule has 27 heavy (non-hydrogen) atoms. The fourth-order valence-electron chi connectivity index (χ4n) is 3.08. The predicted octanol–water partition coefficient (Wildman–Crippen LogP) is 3.57. The highest BCUT2D eigenvalue weighted by Crippen LogP contribution is 2.28. The minimum absolute atomic E-state index is 0.0245. The topological polar surface area (TPSA) is 102 Å². The Morgan fingerprint density at radius 2 is 2.19 bits per heavy atom. The van der Waals surface area contributed by atoms with Crippen LogP contribution in [0.5, 0.6) is 0 Å². The van der Waals surface area contributed by atoms with Gasteiger partial charge < -0.3 is 19.0 Å². The lowest BCUT2D eigenvalue weighted by atomic mass is 10.1. The molecule has 2 heterocycles. The lowest BCUT2D eigenvalue weighted by molar-refractivity contribution is -0.384. The second-order valence-corrected chi connectivity index (χ2v) is 7.74. The van der Waals surface area contributed by atoms with Crippen molar-refractivity contribution in [2.24, 2.45) is 0 Å². The van der Waals surface area contributed by atoms with Gasteiger partial charge in [-0.3, -0.25) is 10.1 Å². The first-order chi connectivity index (χ1) is 12.6. The summed E-state index contributed by atoms with van der Waals surface area (Å²) in [5.74, 6) is 0. The number of fused-ring (bicyclic) bond motifs is 1. The maximum absolute atomic E-state index is 12.3. The standard InChI is InChI=1S/C18H24N4O5/c1-18(2,3)27-17(23)20(4)13-6-5-9-21(11-13)16-19-14-10-12(22(24)25)7-8-15(14)26-16/h7-8,10,13H,5-6,9,11H2,1-4H3/t13-/m0/s1. The van der Waals surface area contributed by atoms with E-state index in [1.165, 1.54) is 12.1 Å². The van der Waals surface area contributed by atoms with E-state index < -0.39 is 10.5 Å². The normalized spacial score (nSPS) is 17.8. The largest absolute Gasteiger partial charge is 0.444 e. The van der Waals surface area contributed by atoms with Crippen LogP contribution >= 0.6 is 0 Å². The summed E-state index contributed by atoms with van der Waals surface area (Å²) in [5, 5.41) is 10.9. The number of rotatable bonds is 3. The molecule has 0 radical (unpaired) electrons. The van der Waals surface area contributed by atoms with Crippen LogP contribution in [0.3, 0.4) is 0 Å². The smallest absolute Gasteiger partial charge is 0.410 e. The Labute approximate surface area is 157 Å². The molecule has 1 atom stereocenters. The van der Waals surface area contributed by atoms with Gasteiger partial charge in [0, 0.05) is 32.3 Å². The van der Waals surface area contributed by atoms with Gasteiger partial charge in [-0.15, -0.1) is 0 Å². The third-order valence-corrected chi connectivity index (χ3v) is 4.47. The predicted molar refractivity (Wildman–Crippen MR) is 99.9 cm³/mol.